The maximum absolute atomic E-state index is 12.7. The highest BCUT2D eigenvalue weighted by molar-refractivity contribution is 7.86. The molecule has 5 nitrogen and oxygen atoms in total. The van der Waals surface area contributed by atoms with Crippen molar-refractivity contribution in [3.05, 3.63) is 29.8 Å². The standard InChI is InChI=1S/C18H24O5S/c1-12-3-5-14(6-4-12)24(19,20)23-17-13(2)11-16-15(17)7-8-18(16)21-9-10-22-18/h3-6,13,15-17H,7-11H2,1-2H3/t13-,15-,16-,17+/m0/s1. The molecule has 1 aromatic carbocycles. The molecule has 0 unspecified atom stereocenters. The van der Waals surface area contributed by atoms with E-state index in [1.54, 1.807) is 24.3 Å². The van der Waals surface area contributed by atoms with Crippen LogP contribution in [0.3, 0.4) is 0 Å². The van der Waals surface area contributed by atoms with Crippen molar-refractivity contribution in [2.75, 3.05) is 13.2 Å². The van der Waals surface area contributed by atoms with Crippen molar-refractivity contribution in [3.8, 4) is 0 Å². The Morgan fingerprint density at radius 3 is 2.50 bits per heavy atom. The summed E-state index contributed by atoms with van der Waals surface area (Å²) in [5.74, 6) is 0.0849. The van der Waals surface area contributed by atoms with Gasteiger partial charge in [0.2, 0.25) is 0 Å². The van der Waals surface area contributed by atoms with Crippen molar-refractivity contribution in [3.63, 3.8) is 0 Å². The molecule has 1 aromatic rings. The van der Waals surface area contributed by atoms with Gasteiger partial charge < -0.3 is 9.47 Å². The van der Waals surface area contributed by atoms with E-state index >= 15 is 0 Å². The minimum absolute atomic E-state index is 0.171. The van der Waals surface area contributed by atoms with E-state index in [0.717, 1.165) is 24.8 Å². The van der Waals surface area contributed by atoms with Gasteiger partial charge in [-0.1, -0.05) is 24.6 Å². The van der Waals surface area contributed by atoms with Gasteiger partial charge in [-0.3, -0.25) is 4.18 Å². The molecule has 132 valence electrons. The maximum atomic E-state index is 12.7. The molecule has 0 aromatic heterocycles. The van der Waals surface area contributed by atoms with E-state index in [4.69, 9.17) is 13.7 Å². The van der Waals surface area contributed by atoms with Crippen LogP contribution in [0.2, 0.25) is 0 Å². The van der Waals surface area contributed by atoms with Gasteiger partial charge in [0.25, 0.3) is 10.1 Å². The van der Waals surface area contributed by atoms with Crippen molar-refractivity contribution in [1.82, 2.24) is 0 Å². The number of benzene rings is 1. The van der Waals surface area contributed by atoms with Crippen LogP contribution in [0, 0.1) is 24.7 Å². The Morgan fingerprint density at radius 2 is 1.83 bits per heavy atom. The van der Waals surface area contributed by atoms with Gasteiger partial charge in [-0.15, -0.1) is 0 Å². The van der Waals surface area contributed by atoms with Gasteiger partial charge >= 0.3 is 0 Å². The van der Waals surface area contributed by atoms with Crippen LogP contribution >= 0.6 is 0 Å². The third kappa shape index (κ3) is 2.60. The Labute approximate surface area is 143 Å². The molecule has 0 radical (unpaired) electrons. The number of aryl methyl sites for hydroxylation is 1. The van der Waals surface area contributed by atoms with Gasteiger partial charge in [-0.05, 0) is 43.7 Å². The third-order valence-electron chi connectivity index (χ3n) is 5.84. The number of fused-ring (bicyclic) bond motifs is 2. The number of ether oxygens (including phenoxy) is 2. The average molecular weight is 352 g/mol. The van der Waals surface area contributed by atoms with Gasteiger partial charge in [-0.25, -0.2) is 0 Å². The summed E-state index contributed by atoms with van der Waals surface area (Å²) < 4.78 is 42.9. The minimum Gasteiger partial charge on any atom is -0.347 e. The molecule has 4 atom stereocenters. The topological polar surface area (TPSA) is 61.8 Å². The first-order valence-electron chi connectivity index (χ1n) is 8.69. The number of hydrogen-bond acceptors (Lipinski definition) is 5. The number of hydrogen-bond donors (Lipinski definition) is 0. The SMILES string of the molecule is Cc1ccc(S(=O)(=O)O[C@H]2[C@H]3CCC4(OCCO4)[C@H]3C[C@@H]2C)cc1. The first-order chi connectivity index (χ1) is 11.4. The fraction of sp³-hybridized carbons (Fsp3) is 0.667. The summed E-state index contributed by atoms with van der Waals surface area (Å²) in [6.07, 6.45) is 2.31. The summed E-state index contributed by atoms with van der Waals surface area (Å²) in [5, 5.41) is 0. The van der Waals surface area contributed by atoms with Crippen LogP contribution < -0.4 is 0 Å². The van der Waals surface area contributed by atoms with Gasteiger partial charge in [-0.2, -0.15) is 8.42 Å². The first-order valence-corrected chi connectivity index (χ1v) is 10.1. The Kier molecular flexibility index (Phi) is 3.99. The van der Waals surface area contributed by atoms with E-state index in [1.807, 2.05) is 6.92 Å². The number of rotatable bonds is 3. The highest BCUT2D eigenvalue weighted by atomic mass is 32.2. The Bertz CT molecular complexity index is 705. The Balaban J connectivity index is 1.55. The first kappa shape index (κ1) is 16.5. The molecule has 1 saturated heterocycles. The maximum Gasteiger partial charge on any atom is 0.297 e. The van der Waals surface area contributed by atoms with Crippen LogP contribution in [0.4, 0.5) is 0 Å². The fourth-order valence-electron chi connectivity index (χ4n) is 4.69. The summed E-state index contributed by atoms with van der Waals surface area (Å²) in [6, 6.07) is 6.81. The molecular formula is C18H24O5S. The fourth-order valence-corrected chi connectivity index (χ4v) is 5.89. The molecule has 2 saturated carbocycles. The lowest BCUT2D eigenvalue weighted by molar-refractivity contribution is -0.184. The van der Waals surface area contributed by atoms with Crippen LogP contribution in [0.5, 0.6) is 0 Å². The van der Waals surface area contributed by atoms with Gasteiger partial charge in [0.05, 0.1) is 24.2 Å². The molecule has 3 aliphatic rings. The van der Waals surface area contributed by atoms with E-state index < -0.39 is 15.9 Å². The van der Waals surface area contributed by atoms with Crippen LogP contribution in [-0.2, 0) is 23.8 Å². The zero-order valence-corrected chi connectivity index (χ0v) is 14.9. The molecule has 0 N–H and O–H groups in total. The molecular weight excluding hydrogens is 328 g/mol. The molecule has 3 fully saturated rings. The van der Waals surface area contributed by atoms with E-state index in [-0.39, 0.29) is 28.8 Å². The molecule has 4 rings (SSSR count). The molecule has 0 amide bonds. The van der Waals surface area contributed by atoms with Crippen LogP contribution in [0.15, 0.2) is 29.2 Å². The zero-order chi connectivity index (χ0) is 16.9. The predicted octanol–water partition coefficient (Wildman–Crippen LogP) is 2.88. The lowest BCUT2D eigenvalue weighted by Crippen LogP contribution is -2.35. The molecule has 0 bridgehead atoms. The molecule has 1 spiro atoms. The molecule has 6 heteroatoms. The average Bonchev–Trinajstić information content (AvgIpc) is 3.22. The summed E-state index contributed by atoms with van der Waals surface area (Å²) in [5.41, 5.74) is 1.02. The van der Waals surface area contributed by atoms with Crippen LogP contribution in [0.1, 0.15) is 31.7 Å². The van der Waals surface area contributed by atoms with E-state index in [2.05, 4.69) is 6.92 Å². The lowest BCUT2D eigenvalue weighted by atomic mass is 9.96. The predicted molar refractivity (Wildman–Crippen MR) is 87.9 cm³/mol. The smallest absolute Gasteiger partial charge is 0.297 e. The van der Waals surface area contributed by atoms with Crippen molar-refractivity contribution in [2.45, 2.75) is 49.9 Å². The van der Waals surface area contributed by atoms with E-state index in [1.165, 1.54) is 0 Å². The van der Waals surface area contributed by atoms with Gasteiger partial charge in [0.15, 0.2) is 5.79 Å². The molecule has 24 heavy (non-hydrogen) atoms. The van der Waals surface area contributed by atoms with Crippen LogP contribution in [-0.4, -0.2) is 33.5 Å². The summed E-state index contributed by atoms with van der Waals surface area (Å²) >= 11 is 0. The van der Waals surface area contributed by atoms with E-state index in [9.17, 15) is 8.42 Å². The second-order valence-corrected chi connectivity index (χ2v) is 8.93. The largest absolute Gasteiger partial charge is 0.347 e. The van der Waals surface area contributed by atoms with Gasteiger partial charge in [0.1, 0.15) is 0 Å². The van der Waals surface area contributed by atoms with Crippen LogP contribution in [0.25, 0.3) is 0 Å². The second-order valence-electron chi connectivity index (χ2n) is 7.36. The summed E-state index contributed by atoms with van der Waals surface area (Å²) in [6.45, 7) is 5.26. The highest BCUT2D eigenvalue weighted by Crippen LogP contribution is 2.56. The molecule has 1 aliphatic heterocycles. The monoisotopic (exact) mass is 352 g/mol. The van der Waals surface area contributed by atoms with E-state index in [0.29, 0.717) is 13.2 Å². The summed E-state index contributed by atoms with van der Waals surface area (Å²) in [4.78, 5) is 0.227. The molecule has 1 heterocycles. The normalized spacial score (nSPS) is 34.8. The summed E-state index contributed by atoms with van der Waals surface area (Å²) in [7, 11) is -3.75. The lowest BCUT2D eigenvalue weighted by Gasteiger charge is -2.28. The van der Waals surface area contributed by atoms with Crippen molar-refractivity contribution in [1.29, 1.82) is 0 Å². The minimum atomic E-state index is -3.75. The Morgan fingerprint density at radius 1 is 1.17 bits per heavy atom. The quantitative estimate of drug-likeness (QED) is 0.783. The second kappa shape index (κ2) is 5.80. The highest BCUT2D eigenvalue weighted by Gasteiger charge is 2.60. The molecule has 2 aliphatic carbocycles. The third-order valence-corrected chi connectivity index (χ3v) is 7.17. The Hall–Kier alpha value is -0.950. The van der Waals surface area contributed by atoms with Crippen molar-refractivity contribution >= 4 is 10.1 Å². The van der Waals surface area contributed by atoms with Crippen molar-refractivity contribution in [2.24, 2.45) is 17.8 Å². The van der Waals surface area contributed by atoms with Crippen molar-refractivity contribution < 1.29 is 22.1 Å². The zero-order valence-electron chi connectivity index (χ0n) is 14.1. The van der Waals surface area contributed by atoms with Gasteiger partial charge in [0, 0.05) is 12.3 Å².